The molecule has 0 saturated heterocycles. The Morgan fingerprint density at radius 1 is 1.19 bits per heavy atom. The summed E-state index contributed by atoms with van der Waals surface area (Å²) in [4.78, 5) is 16.3. The molecule has 8 heteroatoms. The Labute approximate surface area is 145 Å². The topological polar surface area (TPSA) is 101 Å². The van der Waals surface area contributed by atoms with E-state index in [4.69, 9.17) is 9.15 Å². The molecule has 0 aliphatic carbocycles. The Balaban J connectivity index is 1.67. The van der Waals surface area contributed by atoms with E-state index in [1.165, 1.54) is 24.5 Å². The monoisotopic (exact) mass is 353 g/mol. The van der Waals surface area contributed by atoms with Gasteiger partial charge in [-0.2, -0.15) is 5.10 Å². The molecule has 0 saturated carbocycles. The van der Waals surface area contributed by atoms with E-state index in [1.807, 2.05) is 0 Å². The number of benzene rings is 2. The van der Waals surface area contributed by atoms with Gasteiger partial charge in [0.1, 0.15) is 30.1 Å². The van der Waals surface area contributed by atoms with Crippen LogP contribution in [0.2, 0.25) is 0 Å². The van der Waals surface area contributed by atoms with Crippen molar-refractivity contribution in [2.75, 3.05) is 0 Å². The summed E-state index contributed by atoms with van der Waals surface area (Å²) in [6.45, 7) is 0.207. The van der Waals surface area contributed by atoms with E-state index in [2.05, 4.69) is 15.2 Å². The highest BCUT2D eigenvalue weighted by Gasteiger charge is 2.18. The number of ether oxygens (including phenoxy) is 1. The van der Waals surface area contributed by atoms with E-state index in [1.54, 1.807) is 24.3 Å². The van der Waals surface area contributed by atoms with Gasteiger partial charge in [0.2, 0.25) is 22.8 Å². The number of aromatic nitrogens is 3. The van der Waals surface area contributed by atoms with Crippen molar-refractivity contribution >= 4 is 11.0 Å². The van der Waals surface area contributed by atoms with Gasteiger partial charge in [0, 0.05) is 0 Å². The predicted octanol–water partition coefficient (Wildman–Crippen LogP) is 3.00. The third-order valence-corrected chi connectivity index (χ3v) is 3.77. The van der Waals surface area contributed by atoms with Crippen molar-refractivity contribution in [3.05, 3.63) is 70.4 Å². The number of fused-ring (bicyclic) bond motifs is 1. The highest BCUT2D eigenvalue weighted by molar-refractivity contribution is 5.82. The minimum atomic E-state index is -0.613. The third kappa shape index (κ3) is 2.88. The van der Waals surface area contributed by atoms with E-state index in [9.17, 15) is 14.3 Å². The number of rotatable bonds is 4. The zero-order valence-corrected chi connectivity index (χ0v) is 13.3. The molecule has 0 atom stereocenters. The summed E-state index contributed by atoms with van der Waals surface area (Å²) in [6, 6.07) is 10.6. The minimum absolute atomic E-state index is 0.0816. The van der Waals surface area contributed by atoms with Crippen molar-refractivity contribution in [3.8, 4) is 23.1 Å². The second-order valence-electron chi connectivity index (χ2n) is 5.50. The van der Waals surface area contributed by atoms with Crippen LogP contribution in [0, 0.1) is 5.82 Å². The predicted molar refractivity (Wildman–Crippen MR) is 90.3 cm³/mol. The molecule has 0 amide bonds. The zero-order chi connectivity index (χ0) is 18.1. The minimum Gasteiger partial charge on any atom is -0.501 e. The lowest BCUT2D eigenvalue weighted by atomic mass is 10.2. The molecular formula is C18H12FN3O4. The molecule has 2 aromatic carbocycles. The van der Waals surface area contributed by atoms with Crippen molar-refractivity contribution in [1.82, 2.24) is 15.2 Å². The Kier molecular flexibility index (Phi) is 3.85. The molecule has 4 rings (SSSR count). The van der Waals surface area contributed by atoms with E-state index in [0.29, 0.717) is 5.75 Å². The molecule has 7 nitrogen and oxygen atoms in total. The second-order valence-corrected chi connectivity index (χ2v) is 5.50. The van der Waals surface area contributed by atoms with Crippen LogP contribution < -0.4 is 10.2 Å². The van der Waals surface area contributed by atoms with Crippen LogP contribution in [0.15, 0.2) is 58.0 Å². The lowest BCUT2D eigenvalue weighted by Crippen LogP contribution is -2.04. The molecule has 0 spiro atoms. The van der Waals surface area contributed by atoms with Gasteiger partial charge in [-0.25, -0.2) is 9.37 Å². The lowest BCUT2D eigenvalue weighted by molar-refractivity contribution is 0.306. The van der Waals surface area contributed by atoms with Crippen LogP contribution in [0.5, 0.6) is 11.5 Å². The quantitative estimate of drug-likeness (QED) is 0.585. The summed E-state index contributed by atoms with van der Waals surface area (Å²) in [7, 11) is 0. The average Bonchev–Trinajstić information content (AvgIpc) is 3.19. The molecule has 0 unspecified atom stereocenters. The molecule has 0 aliphatic heterocycles. The number of hydrogen-bond acceptors (Lipinski definition) is 6. The number of hydrogen-bond donors (Lipinski definition) is 2. The van der Waals surface area contributed by atoms with Gasteiger partial charge in [0.15, 0.2) is 0 Å². The van der Waals surface area contributed by atoms with E-state index in [0.717, 1.165) is 5.56 Å². The van der Waals surface area contributed by atoms with Gasteiger partial charge in [-0.1, -0.05) is 12.1 Å². The summed E-state index contributed by atoms with van der Waals surface area (Å²) < 4.78 is 24.1. The van der Waals surface area contributed by atoms with Gasteiger partial charge >= 0.3 is 0 Å². The van der Waals surface area contributed by atoms with Gasteiger partial charge in [-0.05, 0) is 35.9 Å². The first-order valence-electron chi connectivity index (χ1n) is 7.65. The van der Waals surface area contributed by atoms with Gasteiger partial charge in [-0.3, -0.25) is 9.89 Å². The molecule has 0 radical (unpaired) electrons. The molecule has 2 heterocycles. The van der Waals surface area contributed by atoms with Crippen molar-refractivity contribution in [3.63, 3.8) is 0 Å². The van der Waals surface area contributed by atoms with Gasteiger partial charge in [0.25, 0.3) is 0 Å². The standard InChI is InChI=1S/C18H12FN3O4/c19-11-3-1-10(2-4-11)8-25-12-5-6-14-13(7-12)15(23)16(24)17(26-14)18-20-9-21-22-18/h1-7,9,24H,8H2,(H,20,21,22). The van der Waals surface area contributed by atoms with Crippen LogP contribution in [-0.4, -0.2) is 20.3 Å². The van der Waals surface area contributed by atoms with Crippen molar-refractivity contribution < 1.29 is 18.7 Å². The highest BCUT2D eigenvalue weighted by Crippen LogP contribution is 2.29. The van der Waals surface area contributed by atoms with Gasteiger partial charge in [-0.15, -0.1) is 0 Å². The third-order valence-electron chi connectivity index (χ3n) is 3.77. The smallest absolute Gasteiger partial charge is 0.235 e. The summed E-state index contributed by atoms with van der Waals surface area (Å²) in [6.07, 6.45) is 1.31. The van der Waals surface area contributed by atoms with Crippen LogP contribution in [0.3, 0.4) is 0 Å². The van der Waals surface area contributed by atoms with Crippen LogP contribution in [0.1, 0.15) is 5.56 Å². The van der Waals surface area contributed by atoms with E-state index >= 15 is 0 Å². The molecule has 2 N–H and O–H groups in total. The molecule has 0 fully saturated rings. The maximum absolute atomic E-state index is 12.9. The first-order chi connectivity index (χ1) is 12.6. The zero-order valence-electron chi connectivity index (χ0n) is 13.3. The number of halogens is 1. The van der Waals surface area contributed by atoms with Crippen LogP contribution in [0.4, 0.5) is 4.39 Å². The number of nitrogens with one attached hydrogen (secondary N) is 1. The number of H-pyrrole nitrogens is 1. The number of aromatic amines is 1. The molecule has 26 heavy (non-hydrogen) atoms. The maximum Gasteiger partial charge on any atom is 0.235 e. The summed E-state index contributed by atoms with van der Waals surface area (Å²) >= 11 is 0. The Bertz CT molecular complexity index is 1120. The number of nitrogens with zero attached hydrogens (tertiary/aromatic N) is 2. The fourth-order valence-electron chi connectivity index (χ4n) is 2.47. The molecule has 4 aromatic rings. The highest BCUT2D eigenvalue weighted by atomic mass is 19.1. The first-order valence-corrected chi connectivity index (χ1v) is 7.65. The Morgan fingerprint density at radius 2 is 2.00 bits per heavy atom. The first kappa shape index (κ1) is 15.8. The normalized spacial score (nSPS) is 11.0. The number of aromatic hydroxyl groups is 1. The summed E-state index contributed by atoms with van der Waals surface area (Å²) in [5.74, 6) is -0.511. The van der Waals surface area contributed by atoms with E-state index in [-0.39, 0.29) is 35.0 Å². The second kappa shape index (κ2) is 6.32. The van der Waals surface area contributed by atoms with Crippen molar-refractivity contribution in [1.29, 1.82) is 0 Å². The molecule has 130 valence electrons. The Morgan fingerprint density at radius 3 is 2.73 bits per heavy atom. The Hall–Kier alpha value is -3.68. The molecule has 2 aromatic heterocycles. The average molecular weight is 353 g/mol. The fraction of sp³-hybridized carbons (Fsp3) is 0.0556. The van der Waals surface area contributed by atoms with Crippen molar-refractivity contribution in [2.45, 2.75) is 6.61 Å². The SMILES string of the molecule is O=c1c(O)c(-c2nc[nH]n2)oc2ccc(OCc3ccc(F)cc3)cc12. The van der Waals surface area contributed by atoms with Crippen LogP contribution in [0.25, 0.3) is 22.6 Å². The molecule has 0 aliphatic rings. The largest absolute Gasteiger partial charge is 0.501 e. The maximum atomic E-state index is 12.9. The fourth-order valence-corrected chi connectivity index (χ4v) is 2.47. The molecule has 0 bridgehead atoms. The summed E-state index contributed by atoms with van der Waals surface area (Å²) in [5.41, 5.74) is 0.432. The lowest BCUT2D eigenvalue weighted by Gasteiger charge is -2.08. The molecular weight excluding hydrogens is 341 g/mol. The summed E-state index contributed by atoms with van der Waals surface area (Å²) in [5, 5.41) is 16.6. The van der Waals surface area contributed by atoms with Gasteiger partial charge < -0.3 is 14.3 Å². The van der Waals surface area contributed by atoms with Crippen LogP contribution >= 0.6 is 0 Å². The van der Waals surface area contributed by atoms with Crippen molar-refractivity contribution in [2.24, 2.45) is 0 Å². The van der Waals surface area contributed by atoms with Crippen LogP contribution in [-0.2, 0) is 6.61 Å². The van der Waals surface area contributed by atoms with E-state index < -0.39 is 11.2 Å². The van der Waals surface area contributed by atoms with Gasteiger partial charge in [0.05, 0.1) is 5.39 Å².